The van der Waals surface area contributed by atoms with E-state index in [-0.39, 0.29) is 17.0 Å². The van der Waals surface area contributed by atoms with Crippen LogP contribution in [0.2, 0.25) is 0 Å². The molecule has 0 aliphatic rings. The van der Waals surface area contributed by atoms with Crippen molar-refractivity contribution < 1.29 is 19.4 Å². The molecule has 82 valence electrons. The Morgan fingerprint density at radius 1 is 1.31 bits per heavy atom. The zero-order valence-corrected chi connectivity index (χ0v) is 7.93. The van der Waals surface area contributed by atoms with Crippen molar-refractivity contribution in [2.45, 2.75) is 0 Å². The van der Waals surface area contributed by atoms with E-state index >= 15 is 0 Å². The van der Waals surface area contributed by atoms with Gasteiger partial charge in [0.15, 0.2) is 0 Å². The largest absolute Gasteiger partial charge is 0.506 e. The third-order valence-electron chi connectivity index (χ3n) is 2.11. The van der Waals surface area contributed by atoms with Crippen molar-refractivity contribution in [2.75, 3.05) is 5.73 Å². The number of carboxylic acid groups (broad SMARTS) is 1. The van der Waals surface area contributed by atoms with Gasteiger partial charge in [-0.25, -0.2) is 9.59 Å². The molecule has 0 bridgehead atoms. The maximum atomic E-state index is 11.2. The molecule has 2 rings (SSSR count). The average Bonchev–Trinajstić information content (AvgIpc) is 2.19. The van der Waals surface area contributed by atoms with Gasteiger partial charge in [-0.3, -0.25) is 0 Å². The van der Waals surface area contributed by atoms with Crippen LogP contribution in [0.15, 0.2) is 27.4 Å². The lowest BCUT2D eigenvalue weighted by atomic mass is 10.1. The van der Waals surface area contributed by atoms with Crippen LogP contribution in [-0.2, 0) is 0 Å². The van der Waals surface area contributed by atoms with Crippen LogP contribution in [-0.4, -0.2) is 16.2 Å². The van der Waals surface area contributed by atoms with E-state index in [0.29, 0.717) is 5.39 Å². The lowest BCUT2D eigenvalue weighted by molar-refractivity contribution is 0.0692. The number of aromatic hydroxyl groups is 1. The van der Waals surface area contributed by atoms with Gasteiger partial charge in [0.2, 0.25) is 0 Å². The van der Waals surface area contributed by atoms with Crippen LogP contribution in [0.3, 0.4) is 0 Å². The molecule has 0 radical (unpaired) electrons. The number of rotatable bonds is 1. The maximum absolute atomic E-state index is 11.2. The van der Waals surface area contributed by atoms with Gasteiger partial charge in [0.05, 0.1) is 5.69 Å². The predicted octanol–water partition coefficient (Wildman–Crippen LogP) is 0.779. The number of hydrogen-bond donors (Lipinski definition) is 3. The molecule has 0 unspecified atom stereocenters. The van der Waals surface area contributed by atoms with Crippen molar-refractivity contribution in [1.29, 1.82) is 0 Å². The monoisotopic (exact) mass is 221 g/mol. The minimum Gasteiger partial charge on any atom is -0.506 e. The number of carboxylic acids is 1. The molecule has 1 aromatic carbocycles. The van der Waals surface area contributed by atoms with E-state index in [4.69, 9.17) is 15.3 Å². The Balaban J connectivity index is 2.85. The van der Waals surface area contributed by atoms with E-state index in [1.54, 1.807) is 0 Å². The second-order valence-corrected chi connectivity index (χ2v) is 3.20. The number of phenolic OH excluding ortho intramolecular Hbond substituents is 1. The van der Waals surface area contributed by atoms with Crippen LogP contribution in [0.5, 0.6) is 5.75 Å². The Hall–Kier alpha value is -2.50. The van der Waals surface area contributed by atoms with Gasteiger partial charge < -0.3 is 20.4 Å². The molecule has 1 aromatic heterocycles. The highest BCUT2D eigenvalue weighted by Crippen LogP contribution is 2.26. The van der Waals surface area contributed by atoms with Gasteiger partial charge in [-0.2, -0.15) is 0 Å². The molecule has 16 heavy (non-hydrogen) atoms. The van der Waals surface area contributed by atoms with Crippen LogP contribution in [0.25, 0.3) is 11.0 Å². The van der Waals surface area contributed by atoms with Crippen LogP contribution in [0.4, 0.5) is 5.69 Å². The number of hydrogen-bond acceptors (Lipinski definition) is 5. The van der Waals surface area contributed by atoms with Crippen molar-refractivity contribution in [3.05, 3.63) is 34.2 Å². The van der Waals surface area contributed by atoms with Gasteiger partial charge in [-0.15, -0.1) is 0 Å². The first kappa shape index (κ1) is 10.0. The number of nitrogen functional groups attached to an aromatic ring is 1. The van der Waals surface area contributed by atoms with Crippen LogP contribution in [0, 0.1) is 0 Å². The van der Waals surface area contributed by atoms with E-state index in [9.17, 15) is 14.7 Å². The van der Waals surface area contributed by atoms with E-state index in [1.165, 1.54) is 6.07 Å². The third-order valence-corrected chi connectivity index (χ3v) is 2.11. The Labute approximate surface area is 88.5 Å². The fourth-order valence-corrected chi connectivity index (χ4v) is 1.32. The Morgan fingerprint density at radius 2 is 2.00 bits per heavy atom. The number of nitrogens with two attached hydrogens (primary N) is 1. The summed E-state index contributed by atoms with van der Waals surface area (Å²) in [5.41, 5.74) is 4.16. The van der Waals surface area contributed by atoms with Gasteiger partial charge in [0, 0.05) is 11.5 Å². The number of benzene rings is 1. The molecule has 6 nitrogen and oxygen atoms in total. The number of phenols is 1. The zero-order chi connectivity index (χ0) is 11.9. The lowest BCUT2D eigenvalue weighted by Crippen LogP contribution is -2.12. The Kier molecular flexibility index (Phi) is 2.05. The molecule has 4 N–H and O–H groups in total. The predicted molar refractivity (Wildman–Crippen MR) is 55.5 cm³/mol. The molecule has 0 saturated heterocycles. The summed E-state index contributed by atoms with van der Waals surface area (Å²) in [4.78, 5) is 21.9. The molecular weight excluding hydrogens is 214 g/mol. The minimum absolute atomic E-state index is 0.0812. The Bertz CT molecular complexity index is 643. The number of carbonyl (C=O) groups is 1. The SMILES string of the molecule is Nc1cc2cc(C(=O)O)c(=O)oc2cc1O. The molecule has 2 aromatic rings. The molecule has 0 fully saturated rings. The highest BCUT2D eigenvalue weighted by Gasteiger charge is 2.13. The Morgan fingerprint density at radius 3 is 2.62 bits per heavy atom. The average molecular weight is 221 g/mol. The van der Waals surface area contributed by atoms with Crippen molar-refractivity contribution in [1.82, 2.24) is 0 Å². The highest BCUT2D eigenvalue weighted by atomic mass is 16.4. The van der Waals surface area contributed by atoms with E-state index in [0.717, 1.165) is 12.1 Å². The molecule has 0 saturated carbocycles. The fraction of sp³-hybridized carbons (Fsp3) is 0. The summed E-state index contributed by atoms with van der Waals surface area (Å²) < 4.78 is 4.74. The molecule has 0 amide bonds. The van der Waals surface area contributed by atoms with Crippen molar-refractivity contribution in [3.63, 3.8) is 0 Å². The smallest absolute Gasteiger partial charge is 0.351 e. The van der Waals surface area contributed by atoms with Gasteiger partial charge in [0.1, 0.15) is 16.9 Å². The summed E-state index contributed by atoms with van der Waals surface area (Å²) in [5.74, 6) is -1.60. The van der Waals surface area contributed by atoms with Crippen molar-refractivity contribution in [3.8, 4) is 5.75 Å². The van der Waals surface area contributed by atoms with Gasteiger partial charge in [0.25, 0.3) is 0 Å². The molecule has 1 heterocycles. The number of aromatic carboxylic acids is 1. The maximum Gasteiger partial charge on any atom is 0.351 e. The number of anilines is 1. The standard InChI is InChI=1S/C10H7NO5/c11-6-2-4-1-5(9(13)14)10(15)16-8(4)3-7(6)12/h1-3,12H,11H2,(H,13,14). The number of fused-ring (bicyclic) bond motifs is 1. The first-order valence-electron chi connectivity index (χ1n) is 4.28. The van der Waals surface area contributed by atoms with Crippen molar-refractivity contribution >= 4 is 22.6 Å². The van der Waals surface area contributed by atoms with E-state index in [2.05, 4.69) is 0 Å². The van der Waals surface area contributed by atoms with Gasteiger partial charge >= 0.3 is 11.6 Å². The fourth-order valence-electron chi connectivity index (χ4n) is 1.32. The normalized spacial score (nSPS) is 10.5. The third kappa shape index (κ3) is 1.46. The first-order valence-corrected chi connectivity index (χ1v) is 4.28. The highest BCUT2D eigenvalue weighted by molar-refractivity contribution is 5.92. The van der Waals surface area contributed by atoms with Crippen molar-refractivity contribution in [2.24, 2.45) is 0 Å². The molecule has 0 aliphatic heterocycles. The quantitative estimate of drug-likeness (QED) is 0.372. The van der Waals surface area contributed by atoms with Crippen LogP contribution >= 0.6 is 0 Å². The second-order valence-electron chi connectivity index (χ2n) is 3.20. The van der Waals surface area contributed by atoms with Gasteiger partial charge in [-0.1, -0.05) is 0 Å². The summed E-state index contributed by atoms with van der Waals surface area (Å²) in [6.07, 6.45) is 0. The van der Waals surface area contributed by atoms with E-state index in [1.807, 2.05) is 0 Å². The van der Waals surface area contributed by atoms with E-state index < -0.39 is 17.2 Å². The molecule has 0 atom stereocenters. The molecule has 0 spiro atoms. The lowest BCUT2D eigenvalue weighted by Gasteiger charge is -2.02. The molecule has 6 heteroatoms. The minimum atomic E-state index is -1.37. The first-order chi connectivity index (χ1) is 7.49. The summed E-state index contributed by atoms with van der Waals surface area (Å²) >= 11 is 0. The van der Waals surface area contributed by atoms with Crippen LogP contribution < -0.4 is 11.4 Å². The topological polar surface area (TPSA) is 114 Å². The summed E-state index contributed by atoms with van der Waals surface area (Å²) in [7, 11) is 0. The summed E-state index contributed by atoms with van der Waals surface area (Å²) in [6.45, 7) is 0. The summed E-state index contributed by atoms with van der Waals surface area (Å²) in [5, 5.41) is 18.3. The van der Waals surface area contributed by atoms with Gasteiger partial charge in [-0.05, 0) is 12.1 Å². The molecule has 0 aliphatic carbocycles. The molecular formula is C10H7NO5. The zero-order valence-electron chi connectivity index (χ0n) is 7.93. The summed E-state index contributed by atoms with van der Waals surface area (Å²) in [6, 6.07) is 3.65. The van der Waals surface area contributed by atoms with Crippen LogP contribution in [0.1, 0.15) is 10.4 Å². The second kappa shape index (κ2) is 3.27.